The number of imidazole rings is 1. The molecule has 8 heteroatoms. The molecule has 0 aliphatic carbocycles. The number of ether oxygens (including phenoxy) is 2. The van der Waals surface area contributed by atoms with Gasteiger partial charge in [-0.1, -0.05) is 36.4 Å². The molecule has 0 spiro atoms. The molecule has 4 aromatic rings. The summed E-state index contributed by atoms with van der Waals surface area (Å²) in [6.45, 7) is 5.61. The number of amides is 2. The Morgan fingerprint density at radius 3 is 2.47 bits per heavy atom. The van der Waals surface area contributed by atoms with Crippen LogP contribution in [-0.4, -0.2) is 41.1 Å². The first-order valence-electron chi connectivity index (χ1n) is 12.0. The van der Waals surface area contributed by atoms with Gasteiger partial charge in [-0.15, -0.1) is 0 Å². The zero-order valence-corrected chi connectivity index (χ0v) is 20.5. The van der Waals surface area contributed by atoms with Gasteiger partial charge >= 0.3 is 0 Å². The molecule has 36 heavy (non-hydrogen) atoms. The van der Waals surface area contributed by atoms with E-state index in [0.717, 1.165) is 22.2 Å². The maximum atomic E-state index is 12.5. The highest BCUT2D eigenvalue weighted by molar-refractivity contribution is 5.97. The number of para-hydroxylation sites is 2. The fraction of sp³-hybridized carbons (Fsp3) is 0.250. The Hall–Kier alpha value is -4.33. The normalized spacial score (nSPS) is 10.7. The molecule has 0 aliphatic heterocycles. The van der Waals surface area contributed by atoms with Crippen LogP contribution in [0, 0.1) is 0 Å². The largest absolute Gasteiger partial charge is 0.490 e. The average Bonchev–Trinajstić information content (AvgIpc) is 3.30. The summed E-state index contributed by atoms with van der Waals surface area (Å²) >= 11 is 0. The molecule has 2 amide bonds. The fourth-order valence-electron chi connectivity index (χ4n) is 3.89. The van der Waals surface area contributed by atoms with E-state index >= 15 is 0 Å². The van der Waals surface area contributed by atoms with Crippen LogP contribution < -0.4 is 20.1 Å². The Kier molecular flexibility index (Phi) is 8.18. The molecule has 0 unspecified atom stereocenters. The summed E-state index contributed by atoms with van der Waals surface area (Å²) in [6, 6.07) is 21.0. The van der Waals surface area contributed by atoms with Gasteiger partial charge in [-0.3, -0.25) is 9.59 Å². The molecule has 0 saturated carbocycles. The summed E-state index contributed by atoms with van der Waals surface area (Å²) in [5.74, 6) is 0.450. The van der Waals surface area contributed by atoms with Gasteiger partial charge in [-0.25, -0.2) is 4.98 Å². The molecule has 0 radical (unpaired) electrons. The quantitative estimate of drug-likeness (QED) is 0.335. The molecular weight excluding hydrogens is 456 g/mol. The predicted molar refractivity (Wildman–Crippen MR) is 138 cm³/mol. The summed E-state index contributed by atoms with van der Waals surface area (Å²) in [5, 5.41) is 5.52. The lowest BCUT2D eigenvalue weighted by Gasteiger charge is -2.12. The Morgan fingerprint density at radius 1 is 0.861 bits per heavy atom. The van der Waals surface area contributed by atoms with Crippen molar-refractivity contribution in [2.45, 2.75) is 26.9 Å². The van der Waals surface area contributed by atoms with Crippen LogP contribution in [0.15, 0.2) is 73.1 Å². The van der Waals surface area contributed by atoms with Gasteiger partial charge in [0.1, 0.15) is 0 Å². The minimum Gasteiger partial charge on any atom is -0.490 e. The number of carbonyl (C=O) groups excluding carboxylic acids is 2. The molecule has 8 nitrogen and oxygen atoms in total. The van der Waals surface area contributed by atoms with Gasteiger partial charge in [0, 0.05) is 18.7 Å². The van der Waals surface area contributed by atoms with Crippen LogP contribution in [0.25, 0.3) is 11.0 Å². The highest BCUT2D eigenvalue weighted by Gasteiger charge is 2.13. The Bertz CT molecular complexity index is 1350. The van der Waals surface area contributed by atoms with Crippen LogP contribution in [0.3, 0.4) is 0 Å². The van der Waals surface area contributed by atoms with Crippen molar-refractivity contribution in [1.82, 2.24) is 20.2 Å². The van der Waals surface area contributed by atoms with Crippen LogP contribution in [0.5, 0.6) is 11.5 Å². The van der Waals surface area contributed by atoms with Crippen molar-refractivity contribution in [2.24, 2.45) is 0 Å². The van der Waals surface area contributed by atoms with E-state index in [-0.39, 0.29) is 18.4 Å². The number of fused-ring (bicyclic) bond motifs is 1. The third kappa shape index (κ3) is 6.21. The van der Waals surface area contributed by atoms with E-state index in [0.29, 0.717) is 43.4 Å². The molecule has 0 bridgehead atoms. The summed E-state index contributed by atoms with van der Waals surface area (Å²) in [5.41, 5.74) is 4.52. The average molecular weight is 487 g/mol. The minimum absolute atomic E-state index is 0.128. The van der Waals surface area contributed by atoms with Gasteiger partial charge in [-0.2, -0.15) is 0 Å². The molecule has 0 atom stereocenters. The summed E-state index contributed by atoms with van der Waals surface area (Å²) in [6.07, 6.45) is 1.84. The van der Waals surface area contributed by atoms with Crippen molar-refractivity contribution in [2.75, 3.05) is 19.8 Å². The zero-order valence-electron chi connectivity index (χ0n) is 20.5. The number of nitrogens with one attached hydrogen (secondary N) is 2. The molecule has 1 heterocycles. The van der Waals surface area contributed by atoms with Crippen molar-refractivity contribution >= 4 is 22.8 Å². The topological polar surface area (TPSA) is 94.5 Å². The minimum atomic E-state index is -0.358. The fourth-order valence-corrected chi connectivity index (χ4v) is 3.89. The first kappa shape index (κ1) is 24.8. The van der Waals surface area contributed by atoms with E-state index in [1.54, 1.807) is 18.2 Å². The first-order chi connectivity index (χ1) is 17.6. The number of benzene rings is 3. The zero-order chi connectivity index (χ0) is 25.3. The van der Waals surface area contributed by atoms with E-state index in [2.05, 4.69) is 26.3 Å². The van der Waals surface area contributed by atoms with Gasteiger partial charge in [0.25, 0.3) is 5.91 Å². The Labute approximate surface area is 210 Å². The molecule has 0 fully saturated rings. The maximum absolute atomic E-state index is 12.5. The van der Waals surface area contributed by atoms with E-state index in [9.17, 15) is 9.59 Å². The number of hydrogen-bond acceptors (Lipinski definition) is 5. The first-order valence-corrected chi connectivity index (χ1v) is 12.0. The summed E-state index contributed by atoms with van der Waals surface area (Å²) in [7, 11) is 0. The number of hydrogen-bond donors (Lipinski definition) is 2. The van der Waals surface area contributed by atoms with Gasteiger partial charge < -0.3 is 24.7 Å². The van der Waals surface area contributed by atoms with Crippen LogP contribution in [0.2, 0.25) is 0 Å². The van der Waals surface area contributed by atoms with Crippen molar-refractivity contribution in [3.63, 3.8) is 0 Å². The number of aromatic nitrogens is 2. The Morgan fingerprint density at radius 2 is 1.64 bits per heavy atom. The van der Waals surface area contributed by atoms with Gasteiger partial charge in [0.05, 0.1) is 37.1 Å². The van der Waals surface area contributed by atoms with Gasteiger partial charge in [-0.05, 0) is 55.3 Å². The van der Waals surface area contributed by atoms with Crippen LogP contribution in [-0.2, 0) is 17.9 Å². The SMILES string of the molecule is CCOc1ccc(C(=O)NCC(=O)NCc2cccc(Cn3cnc4ccccc43)c2)cc1OCC. The standard InChI is InChI=1S/C28H30N4O4/c1-3-35-25-13-12-22(15-26(25)36-4-2)28(34)30-17-27(33)29-16-20-8-7-9-21(14-20)18-32-19-31-23-10-5-6-11-24(23)32/h5-15,19H,3-4,16-18H2,1-2H3,(H,29,33)(H,30,34). The van der Waals surface area contributed by atoms with Crippen LogP contribution in [0.4, 0.5) is 0 Å². The lowest BCUT2D eigenvalue weighted by atomic mass is 10.1. The molecular formula is C28H30N4O4. The second-order valence-corrected chi connectivity index (χ2v) is 8.17. The van der Waals surface area contributed by atoms with Gasteiger partial charge in [0.15, 0.2) is 11.5 Å². The number of nitrogens with zero attached hydrogens (tertiary/aromatic N) is 2. The molecule has 1 aromatic heterocycles. The number of carbonyl (C=O) groups is 2. The molecule has 186 valence electrons. The molecule has 0 aliphatic rings. The van der Waals surface area contributed by atoms with Crippen molar-refractivity contribution in [3.8, 4) is 11.5 Å². The lowest BCUT2D eigenvalue weighted by Crippen LogP contribution is -2.36. The van der Waals surface area contributed by atoms with Crippen LogP contribution in [0.1, 0.15) is 35.3 Å². The van der Waals surface area contributed by atoms with E-state index in [4.69, 9.17) is 9.47 Å². The highest BCUT2D eigenvalue weighted by Crippen LogP contribution is 2.28. The van der Waals surface area contributed by atoms with Crippen molar-refractivity contribution < 1.29 is 19.1 Å². The van der Waals surface area contributed by atoms with Gasteiger partial charge in [0.2, 0.25) is 5.91 Å². The van der Waals surface area contributed by atoms with Crippen molar-refractivity contribution in [1.29, 1.82) is 0 Å². The molecule has 0 saturated heterocycles. The Balaban J connectivity index is 1.29. The summed E-state index contributed by atoms with van der Waals surface area (Å²) < 4.78 is 13.2. The van der Waals surface area contributed by atoms with E-state index < -0.39 is 0 Å². The third-order valence-electron chi connectivity index (χ3n) is 5.58. The third-order valence-corrected chi connectivity index (χ3v) is 5.58. The van der Waals surface area contributed by atoms with E-state index in [1.807, 2.05) is 62.6 Å². The molecule has 2 N–H and O–H groups in total. The summed E-state index contributed by atoms with van der Waals surface area (Å²) in [4.78, 5) is 29.3. The predicted octanol–water partition coefficient (Wildman–Crippen LogP) is 3.93. The second kappa shape index (κ2) is 11.9. The molecule has 4 rings (SSSR count). The van der Waals surface area contributed by atoms with E-state index in [1.165, 1.54) is 0 Å². The monoisotopic (exact) mass is 486 g/mol. The number of rotatable bonds is 11. The van der Waals surface area contributed by atoms with Crippen molar-refractivity contribution in [3.05, 3.63) is 89.7 Å². The maximum Gasteiger partial charge on any atom is 0.251 e. The molecule has 3 aromatic carbocycles. The van der Waals surface area contributed by atoms with Crippen LogP contribution >= 0.6 is 0 Å². The smallest absolute Gasteiger partial charge is 0.251 e. The highest BCUT2D eigenvalue weighted by atomic mass is 16.5. The lowest BCUT2D eigenvalue weighted by molar-refractivity contribution is -0.120. The second-order valence-electron chi connectivity index (χ2n) is 8.17.